The fraction of sp³-hybridized carbons (Fsp3) is 0.680. The number of alkyl carbamates (subject to hydrolysis) is 1. The minimum atomic E-state index is -0.634. The summed E-state index contributed by atoms with van der Waals surface area (Å²) >= 11 is 0. The highest BCUT2D eigenvalue weighted by molar-refractivity contribution is 5.79. The predicted molar refractivity (Wildman–Crippen MR) is 125 cm³/mol. The average Bonchev–Trinajstić information content (AvgIpc) is 3.16. The van der Waals surface area contributed by atoms with Crippen molar-refractivity contribution in [2.75, 3.05) is 40.5 Å². The van der Waals surface area contributed by atoms with Gasteiger partial charge < -0.3 is 24.4 Å². The van der Waals surface area contributed by atoms with Gasteiger partial charge in [0.25, 0.3) is 0 Å². The number of amides is 2. The van der Waals surface area contributed by atoms with E-state index in [9.17, 15) is 14.0 Å². The van der Waals surface area contributed by atoms with Gasteiger partial charge in [0.05, 0.1) is 33.0 Å². The lowest BCUT2D eigenvalue weighted by Gasteiger charge is -2.49. The Morgan fingerprint density at radius 3 is 2.50 bits per heavy atom. The summed E-state index contributed by atoms with van der Waals surface area (Å²) in [6, 6.07) is 3.54. The molecule has 3 unspecified atom stereocenters. The Morgan fingerprint density at radius 1 is 1.18 bits per heavy atom. The molecule has 34 heavy (non-hydrogen) atoms. The van der Waals surface area contributed by atoms with Crippen LogP contribution in [-0.2, 0) is 16.0 Å². The molecule has 2 fully saturated rings. The lowest BCUT2D eigenvalue weighted by atomic mass is 9.82. The number of methoxy groups -OCH3 is 2. The fourth-order valence-electron chi connectivity index (χ4n) is 5.50. The molecule has 4 atom stereocenters. The van der Waals surface area contributed by atoms with E-state index in [-0.39, 0.29) is 36.4 Å². The van der Waals surface area contributed by atoms with Gasteiger partial charge in [-0.1, -0.05) is 0 Å². The molecule has 9 heteroatoms. The third-order valence-electron chi connectivity index (χ3n) is 7.04. The minimum absolute atomic E-state index is 0.0501. The van der Waals surface area contributed by atoms with Crippen molar-refractivity contribution in [1.29, 1.82) is 0 Å². The molecule has 0 saturated carbocycles. The number of nitrogens with one attached hydrogen (secondary N) is 1. The van der Waals surface area contributed by atoms with Gasteiger partial charge >= 0.3 is 6.09 Å². The summed E-state index contributed by atoms with van der Waals surface area (Å²) in [5.74, 6) is 1.03. The lowest BCUT2D eigenvalue weighted by molar-refractivity contribution is -0.132. The summed E-state index contributed by atoms with van der Waals surface area (Å²) in [6.45, 7) is 6.76. The van der Waals surface area contributed by atoms with E-state index in [1.54, 1.807) is 19.1 Å². The molecule has 8 nitrogen and oxygen atoms in total. The molecule has 0 aromatic heterocycles. The van der Waals surface area contributed by atoms with Gasteiger partial charge in [0.15, 0.2) is 11.5 Å². The van der Waals surface area contributed by atoms with Gasteiger partial charge in [-0.25, -0.2) is 4.79 Å². The van der Waals surface area contributed by atoms with Gasteiger partial charge in [-0.3, -0.25) is 14.1 Å². The third kappa shape index (κ3) is 4.94. The van der Waals surface area contributed by atoms with Crippen LogP contribution >= 0.6 is 0 Å². The van der Waals surface area contributed by atoms with Gasteiger partial charge in [-0.15, -0.1) is 0 Å². The summed E-state index contributed by atoms with van der Waals surface area (Å²) < 4.78 is 29.9. The van der Waals surface area contributed by atoms with Crippen molar-refractivity contribution < 1.29 is 28.2 Å². The Hall–Kier alpha value is -2.55. The van der Waals surface area contributed by atoms with Crippen molar-refractivity contribution in [2.45, 2.75) is 63.8 Å². The van der Waals surface area contributed by atoms with E-state index in [1.807, 2.05) is 32.9 Å². The number of nitrogens with zero attached hydrogens (tertiary/aromatic N) is 2. The fourth-order valence-corrected chi connectivity index (χ4v) is 5.50. The van der Waals surface area contributed by atoms with E-state index >= 15 is 0 Å². The molecule has 0 radical (unpaired) electrons. The Morgan fingerprint density at radius 2 is 1.88 bits per heavy atom. The van der Waals surface area contributed by atoms with E-state index in [2.05, 4.69) is 10.2 Å². The van der Waals surface area contributed by atoms with Crippen molar-refractivity contribution in [2.24, 2.45) is 5.92 Å². The van der Waals surface area contributed by atoms with Crippen molar-refractivity contribution >= 4 is 12.0 Å². The van der Waals surface area contributed by atoms with Crippen LogP contribution in [0.3, 0.4) is 0 Å². The Labute approximate surface area is 200 Å². The molecule has 1 N–H and O–H groups in total. The maximum absolute atomic E-state index is 13.4. The number of likely N-dealkylation sites (tertiary alicyclic amines) is 1. The second-order valence-electron chi connectivity index (χ2n) is 10.5. The summed E-state index contributed by atoms with van der Waals surface area (Å²) in [5.41, 5.74) is 1.71. The molecule has 0 bridgehead atoms. The highest BCUT2D eigenvalue weighted by Crippen LogP contribution is 2.43. The summed E-state index contributed by atoms with van der Waals surface area (Å²) in [6.07, 6.45) is 1.17. The number of ether oxygens (including phenoxy) is 3. The Kier molecular flexibility index (Phi) is 6.94. The Balaban J connectivity index is 1.63. The normalized spacial score (nSPS) is 27.1. The maximum atomic E-state index is 13.4. The largest absolute Gasteiger partial charge is 0.493 e. The smallest absolute Gasteiger partial charge is 0.407 e. The van der Waals surface area contributed by atoms with E-state index in [0.29, 0.717) is 31.0 Å². The molecule has 3 heterocycles. The highest BCUT2D eigenvalue weighted by atomic mass is 19.1. The van der Waals surface area contributed by atoms with Crippen LogP contribution in [-0.4, -0.2) is 80.0 Å². The van der Waals surface area contributed by atoms with Crippen molar-refractivity contribution in [3.8, 4) is 11.5 Å². The van der Waals surface area contributed by atoms with E-state index in [0.717, 1.165) is 18.5 Å². The zero-order valence-electron chi connectivity index (χ0n) is 20.7. The number of piperidine rings is 1. The van der Waals surface area contributed by atoms with E-state index < -0.39 is 18.4 Å². The number of halogens is 1. The monoisotopic (exact) mass is 477 g/mol. The molecule has 1 aromatic rings. The van der Waals surface area contributed by atoms with Crippen molar-refractivity contribution in [3.63, 3.8) is 0 Å². The third-order valence-corrected chi connectivity index (χ3v) is 7.04. The first-order valence-electron chi connectivity index (χ1n) is 12.0. The van der Waals surface area contributed by atoms with Gasteiger partial charge in [0, 0.05) is 38.0 Å². The number of alkyl halides is 1. The highest BCUT2D eigenvalue weighted by Gasteiger charge is 2.46. The van der Waals surface area contributed by atoms with E-state index in [1.165, 1.54) is 5.56 Å². The second kappa shape index (κ2) is 9.60. The first-order chi connectivity index (χ1) is 16.1. The first-order valence-corrected chi connectivity index (χ1v) is 12.0. The van der Waals surface area contributed by atoms with Crippen LogP contribution in [0.1, 0.15) is 50.8 Å². The minimum Gasteiger partial charge on any atom is -0.493 e. The molecular weight excluding hydrogens is 441 g/mol. The molecule has 2 amide bonds. The zero-order valence-corrected chi connectivity index (χ0v) is 20.7. The zero-order chi connectivity index (χ0) is 24.6. The molecule has 3 aliphatic heterocycles. The van der Waals surface area contributed by atoms with Gasteiger partial charge in [-0.2, -0.15) is 0 Å². The van der Waals surface area contributed by atoms with Gasteiger partial charge in [0.1, 0.15) is 5.60 Å². The number of fused-ring (bicyclic) bond motifs is 3. The maximum Gasteiger partial charge on any atom is 0.407 e. The summed E-state index contributed by atoms with van der Waals surface area (Å²) in [5, 5.41) is 3.04. The molecule has 1 aromatic carbocycles. The van der Waals surface area contributed by atoms with Crippen LogP contribution in [0.5, 0.6) is 11.5 Å². The SMILES string of the molecule is COc1cc2c(cc1OC)C1CC(NC(=O)OC(C)(C)C)C(N3C[C@@H](CF)CC3=O)CN1CC2. The van der Waals surface area contributed by atoms with Crippen LogP contribution in [0.4, 0.5) is 9.18 Å². The molecule has 0 aliphatic carbocycles. The number of hydrogen-bond acceptors (Lipinski definition) is 6. The van der Waals surface area contributed by atoms with Crippen LogP contribution in [0.2, 0.25) is 0 Å². The van der Waals surface area contributed by atoms with Gasteiger partial charge in [0.2, 0.25) is 5.91 Å². The average molecular weight is 478 g/mol. The lowest BCUT2D eigenvalue weighted by Crippen LogP contribution is -2.62. The summed E-state index contributed by atoms with van der Waals surface area (Å²) in [7, 11) is 3.25. The molecule has 0 spiro atoms. The molecule has 188 valence electrons. The van der Waals surface area contributed by atoms with Crippen molar-refractivity contribution in [3.05, 3.63) is 23.3 Å². The number of rotatable bonds is 5. The predicted octanol–water partition coefficient (Wildman–Crippen LogP) is 3.09. The standard InChI is InChI=1S/C25H36FN3O5/c1-25(2,3)34-24(31)27-18-11-19-17-10-22(33-5)21(32-4)9-16(17)6-7-28(19)14-20(18)29-13-15(12-26)8-23(29)30/h9-10,15,18-20H,6-8,11-14H2,1-5H3,(H,27,31)/t15-,18?,19?,20?/m1/s1. The van der Waals surface area contributed by atoms with Crippen LogP contribution < -0.4 is 14.8 Å². The summed E-state index contributed by atoms with van der Waals surface area (Å²) in [4.78, 5) is 29.6. The number of carbonyl (C=O) groups excluding carboxylic acids is 2. The van der Waals surface area contributed by atoms with Crippen LogP contribution in [0.15, 0.2) is 12.1 Å². The molecule has 2 saturated heterocycles. The number of carbonyl (C=O) groups is 2. The first kappa shape index (κ1) is 24.6. The van der Waals surface area contributed by atoms with Crippen LogP contribution in [0, 0.1) is 5.92 Å². The van der Waals surface area contributed by atoms with Gasteiger partial charge in [-0.05, 0) is 56.9 Å². The quantitative estimate of drug-likeness (QED) is 0.702. The Bertz CT molecular complexity index is 934. The molecule has 3 aliphatic rings. The number of benzene rings is 1. The second-order valence-corrected chi connectivity index (χ2v) is 10.5. The molecule has 4 rings (SSSR count). The number of hydrogen-bond donors (Lipinski definition) is 1. The van der Waals surface area contributed by atoms with Crippen LogP contribution in [0.25, 0.3) is 0 Å². The van der Waals surface area contributed by atoms with E-state index in [4.69, 9.17) is 14.2 Å². The topological polar surface area (TPSA) is 80.3 Å². The van der Waals surface area contributed by atoms with Crippen molar-refractivity contribution in [1.82, 2.24) is 15.1 Å². The molecular formula is C25H36FN3O5.